The molecular formula is C52H92N6O13. The summed E-state index contributed by atoms with van der Waals surface area (Å²) in [6.07, 6.45) is 13.9. The van der Waals surface area contributed by atoms with E-state index < -0.39 is 41.7 Å². The topological polar surface area (TPSA) is 228 Å². The van der Waals surface area contributed by atoms with Gasteiger partial charge in [-0.1, -0.05) is 77.5 Å². The lowest BCUT2D eigenvalue weighted by molar-refractivity contribution is -0.148. The number of hydrogen-bond acceptors (Lipinski definition) is 14. The van der Waals surface area contributed by atoms with Crippen LogP contribution in [0.3, 0.4) is 0 Å². The number of carbonyl (C=O) groups is 5. The quantitative estimate of drug-likeness (QED) is 0.0650. The summed E-state index contributed by atoms with van der Waals surface area (Å²) in [5, 5.41) is 8.76. The Balaban J connectivity index is 1.87. The van der Waals surface area contributed by atoms with E-state index >= 15 is 0 Å². The molecule has 0 saturated carbocycles. The molecule has 1 fully saturated rings. The van der Waals surface area contributed by atoms with Crippen molar-refractivity contribution < 1.29 is 61.9 Å². The Hall–Kier alpha value is -3.79. The molecule has 1 aliphatic heterocycles. The van der Waals surface area contributed by atoms with E-state index in [9.17, 15) is 24.0 Å². The molecule has 0 unspecified atom stereocenters. The highest BCUT2D eigenvalue weighted by Gasteiger charge is 2.43. The van der Waals surface area contributed by atoms with Crippen LogP contribution in [0.25, 0.3) is 0 Å². The molecule has 5 amide bonds. The zero-order valence-electron chi connectivity index (χ0n) is 44.8. The lowest BCUT2D eigenvalue weighted by Gasteiger charge is -2.41. The molecule has 71 heavy (non-hydrogen) atoms. The van der Waals surface area contributed by atoms with Gasteiger partial charge in [0.2, 0.25) is 29.5 Å². The molecule has 0 aromatic rings. The largest absolute Gasteiger partial charge is 0.379 e. The normalized spacial score (nSPS) is 17.6. The van der Waals surface area contributed by atoms with E-state index in [0.29, 0.717) is 98.5 Å². The van der Waals surface area contributed by atoms with Crippen molar-refractivity contribution in [1.29, 1.82) is 0 Å². The lowest BCUT2D eigenvalue weighted by Crippen LogP contribution is -2.62. The van der Waals surface area contributed by atoms with Gasteiger partial charge in [-0.05, 0) is 50.9 Å². The first-order valence-electron chi connectivity index (χ1n) is 25.7. The highest BCUT2D eigenvalue weighted by atomic mass is 16.6. The SMILES string of the molecule is CC[C@H](C)[C@@H]([C@@H](CC(=O)N1CCC[C@H]1[C@H](OC)[C@@H](C)C(=O)NCCC1C=CC=CC=C1)OC)N(C)C(=O)[C@@H](NC(=O)C(C)(C)NC(=O)CCOCCOCCOCCOCCOCCOCCN)C(C)C. The maximum atomic E-state index is 14.5. The van der Waals surface area contributed by atoms with Crippen LogP contribution >= 0.6 is 0 Å². The molecule has 2 rings (SSSR count). The second-order valence-corrected chi connectivity index (χ2v) is 19.1. The molecule has 7 atom stereocenters. The molecule has 0 spiro atoms. The number of hydrogen-bond donors (Lipinski definition) is 4. The molecule has 1 aliphatic carbocycles. The van der Waals surface area contributed by atoms with Gasteiger partial charge in [-0.2, -0.15) is 0 Å². The summed E-state index contributed by atoms with van der Waals surface area (Å²) in [5.74, 6) is -2.20. The van der Waals surface area contributed by atoms with Crippen molar-refractivity contribution >= 4 is 29.5 Å². The average Bonchev–Trinajstić information content (AvgIpc) is 3.68. The Labute approximate surface area is 424 Å². The number of allylic oxidation sites excluding steroid dienone is 6. The number of nitrogens with zero attached hydrogens (tertiary/aromatic N) is 2. The fourth-order valence-corrected chi connectivity index (χ4v) is 8.60. The Kier molecular flexibility index (Phi) is 32.3. The second-order valence-electron chi connectivity index (χ2n) is 19.1. The van der Waals surface area contributed by atoms with Crippen LogP contribution in [0.2, 0.25) is 0 Å². The zero-order chi connectivity index (χ0) is 52.6. The van der Waals surface area contributed by atoms with Gasteiger partial charge in [-0.3, -0.25) is 24.0 Å². The fraction of sp³-hybridized carbons (Fsp3) is 0.788. The Morgan fingerprint density at radius 2 is 1.31 bits per heavy atom. The minimum atomic E-state index is -1.35. The van der Waals surface area contributed by atoms with Gasteiger partial charge < -0.3 is 69.4 Å². The van der Waals surface area contributed by atoms with Crippen LogP contribution in [0.4, 0.5) is 0 Å². The van der Waals surface area contributed by atoms with E-state index in [4.69, 9.17) is 43.6 Å². The van der Waals surface area contributed by atoms with Gasteiger partial charge in [-0.25, -0.2) is 0 Å². The van der Waals surface area contributed by atoms with Gasteiger partial charge in [0.1, 0.15) is 11.6 Å². The predicted molar refractivity (Wildman–Crippen MR) is 272 cm³/mol. The number of amides is 5. The molecule has 0 radical (unpaired) electrons. The van der Waals surface area contributed by atoms with Crippen LogP contribution in [0.1, 0.15) is 87.0 Å². The van der Waals surface area contributed by atoms with E-state index in [-0.39, 0.29) is 73.5 Å². The third-order valence-electron chi connectivity index (χ3n) is 12.9. The molecule has 2 aliphatic rings. The van der Waals surface area contributed by atoms with Crippen molar-refractivity contribution in [2.24, 2.45) is 29.4 Å². The molecular weight excluding hydrogens is 917 g/mol. The van der Waals surface area contributed by atoms with E-state index in [1.807, 2.05) is 63.8 Å². The Morgan fingerprint density at radius 1 is 0.775 bits per heavy atom. The molecule has 1 saturated heterocycles. The van der Waals surface area contributed by atoms with Crippen molar-refractivity contribution in [3.8, 4) is 0 Å². The number of carbonyl (C=O) groups excluding carboxylic acids is 5. The first-order chi connectivity index (χ1) is 34.0. The van der Waals surface area contributed by atoms with Gasteiger partial charge in [-0.15, -0.1) is 0 Å². The minimum Gasteiger partial charge on any atom is -0.379 e. The summed E-state index contributed by atoms with van der Waals surface area (Å²) >= 11 is 0. The third-order valence-corrected chi connectivity index (χ3v) is 12.9. The Bertz CT molecular complexity index is 1610. The molecule has 0 aromatic carbocycles. The van der Waals surface area contributed by atoms with Gasteiger partial charge in [0, 0.05) is 47.3 Å². The summed E-state index contributed by atoms with van der Waals surface area (Å²) in [4.78, 5) is 72.2. The number of methoxy groups -OCH3 is 2. The van der Waals surface area contributed by atoms with E-state index in [1.54, 1.807) is 40.0 Å². The van der Waals surface area contributed by atoms with Crippen molar-refractivity contribution in [3.05, 3.63) is 36.5 Å². The maximum Gasteiger partial charge on any atom is 0.245 e. The standard InChI is InChI=1S/C52H92N6O13/c1-11-39(4)47(43(64-9)37-45(60)58-24-16-19-42(58)48(65-10)40(5)49(61)54-23-20-41-17-14-12-13-15-18-41)57(8)50(62)46(38(2)3)55-51(63)52(6,7)56-44(59)21-25-66-27-29-68-31-33-70-35-36-71-34-32-69-30-28-67-26-22-53/h12-15,17-18,38-43,46-48H,11,16,19-37,53H2,1-10H3,(H,54,61)(H,55,63)(H,56,59)/t39-,40+,42-,43+,46-,47-,48+/m0/s1. The van der Waals surface area contributed by atoms with Crippen molar-refractivity contribution in [1.82, 2.24) is 25.8 Å². The minimum absolute atomic E-state index is 0.000264. The van der Waals surface area contributed by atoms with Crippen LogP contribution in [0, 0.1) is 23.7 Å². The van der Waals surface area contributed by atoms with Crippen LogP contribution in [0.15, 0.2) is 36.5 Å². The summed E-state index contributed by atoms with van der Waals surface area (Å²) in [5.41, 5.74) is 4.01. The molecule has 1 heterocycles. The first-order valence-corrected chi connectivity index (χ1v) is 25.7. The molecule has 19 nitrogen and oxygen atoms in total. The smallest absolute Gasteiger partial charge is 0.245 e. The summed E-state index contributed by atoms with van der Waals surface area (Å²) < 4.78 is 44.7. The highest BCUT2D eigenvalue weighted by Crippen LogP contribution is 2.30. The second kappa shape index (κ2) is 36.2. The van der Waals surface area contributed by atoms with Crippen LogP contribution in [0.5, 0.6) is 0 Å². The third kappa shape index (κ3) is 23.7. The Morgan fingerprint density at radius 3 is 1.80 bits per heavy atom. The fourth-order valence-electron chi connectivity index (χ4n) is 8.60. The number of ether oxygens (including phenoxy) is 8. The van der Waals surface area contributed by atoms with Gasteiger partial charge >= 0.3 is 0 Å². The number of rotatable bonds is 39. The van der Waals surface area contributed by atoms with Crippen molar-refractivity contribution in [3.63, 3.8) is 0 Å². The number of nitrogens with one attached hydrogen (secondary N) is 3. The van der Waals surface area contributed by atoms with E-state index in [1.165, 1.54) is 0 Å². The number of nitrogens with two attached hydrogens (primary N) is 1. The highest BCUT2D eigenvalue weighted by molar-refractivity contribution is 5.94. The van der Waals surface area contributed by atoms with Gasteiger partial charge in [0.15, 0.2) is 0 Å². The van der Waals surface area contributed by atoms with Crippen LogP contribution in [-0.2, 0) is 61.9 Å². The summed E-state index contributed by atoms with van der Waals surface area (Å²) in [6, 6.07) is -1.78. The van der Waals surface area contributed by atoms with Crippen LogP contribution in [-0.4, -0.2) is 195 Å². The number of likely N-dealkylation sites (tertiary alicyclic amines) is 1. The number of likely N-dealkylation sites (N-methyl/N-ethyl adjacent to an activating group) is 1. The molecule has 19 heteroatoms. The van der Waals surface area contributed by atoms with Crippen molar-refractivity contribution in [2.75, 3.05) is 120 Å². The first kappa shape index (κ1) is 63.3. The molecule has 408 valence electrons. The monoisotopic (exact) mass is 1010 g/mol. The molecule has 0 bridgehead atoms. The molecule has 0 aromatic heterocycles. The van der Waals surface area contributed by atoms with Crippen molar-refractivity contribution in [2.45, 2.75) is 123 Å². The maximum absolute atomic E-state index is 14.5. The molecule has 5 N–H and O–H groups in total. The van der Waals surface area contributed by atoms with Gasteiger partial charge in [0.05, 0.1) is 116 Å². The summed E-state index contributed by atoms with van der Waals surface area (Å²) in [7, 11) is 4.81. The zero-order valence-corrected chi connectivity index (χ0v) is 44.8. The average molecular weight is 1010 g/mol. The van der Waals surface area contributed by atoms with E-state index in [2.05, 4.69) is 28.1 Å². The summed E-state index contributed by atoms with van der Waals surface area (Å²) in [6.45, 7) is 19.1. The predicted octanol–water partition coefficient (Wildman–Crippen LogP) is 3.20. The lowest BCUT2D eigenvalue weighted by atomic mass is 9.89. The van der Waals surface area contributed by atoms with Gasteiger partial charge in [0.25, 0.3) is 0 Å². The van der Waals surface area contributed by atoms with Crippen LogP contribution < -0.4 is 21.7 Å². The van der Waals surface area contributed by atoms with E-state index in [0.717, 1.165) is 12.8 Å².